The normalized spacial score (nSPS) is 18.3. The van der Waals surface area contributed by atoms with E-state index in [1.165, 1.54) is 7.11 Å². The maximum Gasteiger partial charge on any atom is 0.407 e. The van der Waals surface area contributed by atoms with Gasteiger partial charge in [-0.3, -0.25) is 0 Å². The van der Waals surface area contributed by atoms with Crippen LogP contribution in [0, 0.1) is 6.92 Å². The Morgan fingerprint density at radius 1 is 1.58 bits per heavy atom. The molecule has 1 aromatic heterocycles. The Bertz CT molecular complexity index is 465. The number of anilines is 2. The zero-order chi connectivity index (χ0) is 13.8. The topological polar surface area (TPSA) is 79.4 Å². The largest absolute Gasteiger partial charge is 0.453 e. The van der Waals surface area contributed by atoms with Crippen LogP contribution in [0.15, 0.2) is 6.20 Å². The molecule has 1 atom stereocenters. The van der Waals surface area contributed by atoms with Gasteiger partial charge in [0.15, 0.2) is 0 Å². The standard InChI is InChI=1S/C12H19N5O2/c1-8-6-14-11(13-2)16-10(8)17-5-4-9(7-17)15-12(18)19-3/h6,9H,4-5,7H2,1-3H3,(H,15,18)(H,13,14,16). The molecule has 1 amide bonds. The van der Waals surface area contributed by atoms with Gasteiger partial charge in [0.1, 0.15) is 5.82 Å². The molecule has 0 bridgehead atoms. The molecular formula is C12H19N5O2. The molecule has 2 rings (SSSR count). The molecule has 1 aliphatic rings. The van der Waals surface area contributed by atoms with Gasteiger partial charge in [0, 0.05) is 31.9 Å². The minimum atomic E-state index is -0.387. The van der Waals surface area contributed by atoms with E-state index >= 15 is 0 Å². The van der Waals surface area contributed by atoms with Gasteiger partial charge in [0.25, 0.3) is 0 Å². The zero-order valence-electron chi connectivity index (χ0n) is 11.4. The highest BCUT2D eigenvalue weighted by Crippen LogP contribution is 2.22. The van der Waals surface area contributed by atoms with E-state index in [0.29, 0.717) is 5.95 Å². The summed E-state index contributed by atoms with van der Waals surface area (Å²) in [5, 5.41) is 5.75. The third-order valence-corrected chi connectivity index (χ3v) is 3.16. The van der Waals surface area contributed by atoms with Crippen LogP contribution in [-0.2, 0) is 4.74 Å². The number of carbonyl (C=O) groups is 1. The highest BCUT2D eigenvalue weighted by Gasteiger charge is 2.26. The molecule has 19 heavy (non-hydrogen) atoms. The number of amides is 1. The minimum Gasteiger partial charge on any atom is -0.453 e. The van der Waals surface area contributed by atoms with Crippen LogP contribution in [0.1, 0.15) is 12.0 Å². The van der Waals surface area contributed by atoms with Crippen molar-refractivity contribution in [2.45, 2.75) is 19.4 Å². The van der Waals surface area contributed by atoms with Gasteiger partial charge < -0.3 is 20.3 Å². The summed E-state index contributed by atoms with van der Waals surface area (Å²) in [7, 11) is 3.16. The molecule has 1 aliphatic heterocycles. The first-order valence-corrected chi connectivity index (χ1v) is 6.25. The first-order chi connectivity index (χ1) is 9.13. The lowest BCUT2D eigenvalue weighted by Crippen LogP contribution is -2.37. The van der Waals surface area contributed by atoms with Crippen LogP contribution in [0.4, 0.5) is 16.6 Å². The second kappa shape index (κ2) is 5.73. The molecule has 7 heteroatoms. The summed E-state index contributed by atoms with van der Waals surface area (Å²) in [5.41, 5.74) is 1.03. The Morgan fingerprint density at radius 3 is 3.05 bits per heavy atom. The van der Waals surface area contributed by atoms with Gasteiger partial charge in [-0.1, -0.05) is 0 Å². The van der Waals surface area contributed by atoms with Crippen LogP contribution in [-0.4, -0.2) is 49.4 Å². The summed E-state index contributed by atoms with van der Waals surface area (Å²) in [6.45, 7) is 3.57. The molecule has 104 valence electrons. The van der Waals surface area contributed by atoms with E-state index in [4.69, 9.17) is 0 Å². The average molecular weight is 265 g/mol. The maximum absolute atomic E-state index is 11.2. The summed E-state index contributed by atoms with van der Waals surface area (Å²) in [4.78, 5) is 22.0. The Morgan fingerprint density at radius 2 is 2.37 bits per heavy atom. The van der Waals surface area contributed by atoms with Gasteiger partial charge in [-0.15, -0.1) is 0 Å². The molecule has 0 aliphatic carbocycles. The smallest absolute Gasteiger partial charge is 0.407 e. The van der Waals surface area contributed by atoms with E-state index in [1.54, 1.807) is 13.2 Å². The lowest BCUT2D eigenvalue weighted by molar-refractivity contribution is 0.167. The molecule has 0 radical (unpaired) electrons. The van der Waals surface area contributed by atoms with Gasteiger partial charge in [-0.2, -0.15) is 4.98 Å². The molecule has 0 aromatic carbocycles. The Kier molecular flexibility index (Phi) is 4.03. The summed E-state index contributed by atoms with van der Waals surface area (Å²) >= 11 is 0. The van der Waals surface area contributed by atoms with Gasteiger partial charge in [0.05, 0.1) is 13.2 Å². The van der Waals surface area contributed by atoms with Crippen LogP contribution in [0.2, 0.25) is 0 Å². The number of aromatic nitrogens is 2. The highest BCUT2D eigenvalue weighted by atomic mass is 16.5. The predicted octanol–water partition coefficient (Wildman–Crippen LogP) is 0.761. The van der Waals surface area contributed by atoms with Gasteiger partial charge in [0.2, 0.25) is 5.95 Å². The van der Waals surface area contributed by atoms with E-state index in [9.17, 15) is 4.79 Å². The third kappa shape index (κ3) is 3.04. The predicted molar refractivity (Wildman–Crippen MR) is 72.5 cm³/mol. The first-order valence-electron chi connectivity index (χ1n) is 6.25. The lowest BCUT2D eigenvalue weighted by Gasteiger charge is -2.20. The third-order valence-electron chi connectivity index (χ3n) is 3.16. The van der Waals surface area contributed by atoms with Crippen molar-refractivity contribution in [1.82, 2.24) is 15.3 Å². The number of ether oxygens (including phenoxy) is 1. The second-order valence-electron chi connectivity index (χ2n) is 4.52. The molecule has 1 fully saturated rings. The number of hydrogen-bond acceptors (Lipinski definition) is 6. The summed E-state index contributed by atoms with van der Waals surface area (Å²) in [6.07, 6.45) is 2.30. The van der Waals surface area contributed by atoms with Crippen molar-refractivity contribution in [1.29, 1.82) is 0 Å². The number of rotatable bonds is 3. The van der Waals surface area contributed by atoms with Crippen LogP contribution < -0.4 is 15.5 Å². The highest BCUT2D eigenvalue weighted by molar-refractivity contribution is 5.67. The van der Waals surface area contributed by atoms with Crippen molar-refractivity contribution in [2.75, 3.05) is 37.5 Å². The van der Waals surface area contributed by atoms with Crippen LogP contribution >= 0.6 is 0 Å². The SMILES string of the molecule is CNc1ncc(C)c(N2CCC(NC(=O)OC)C2)n1. The molecule has 0 saturated carbocycles. The van der Waals surface area contributed by atoms with E-state index in [0.717, 1.165) is 30.9 Å². The van der Waals surface area contributed by atoms with Crippen molar-refractivity contribution in [3.8, 4) is 0 Å². The Labute approximate surface area is 112 Å². The number of nitrogens with one attached hydrogen (secondary N) is 2. The number of nitrogens with zero attached hydrogens (tertiary/aromatic N) is 3. The zero-order valence-corrected chi connectivity index (χ0v) is 11.4. The number of methoxy groups -OCH3 is 1. The molecule has 1 saturated heterocycles. The van der Waals surface area contributed by atoms with Gasteiger partial charge in [-0.25, -0.2) is 9.78 Å². The van der Waals surface area contributed by atoms with Gasteiger partial charge in [-0.05, 0) is 13.3 Å². The fraction of sp³-hybridized carbons (Fsp3) is 0.583. The quantitative estimate of drug-likeness (QED) is 0.840. The van der Waals surface area contributed by atoms with E-state index in [1.807, 2.05) is 6.92 Å². The number of hydrogen-bond donors (Lipinski definition) is 2. The van der Waals surface area contributed by atoms with Crippen molar-refractivity contribution in [3.63, 3.8) is 0 Å². The number of aryl methyl sites for hydroxylation is 1. The molecule has 7 nitrogen and oxygen atoms in total. The van der Waals surface area contributed by atoms with Gasteiger partial charge >= 0.3 is 6.09 Å². The molecule has 2 heterocycles. The maximum atomic E-state index is 11.2. The van der Waals surface area contributed by atoms with Crippen LogP contribution in [0.5, 0.6) is 0 Å². The van der Waals surface area contributed by atoms with Crippen molar-refractivity contribution in [2.24, 2.45) is 0 Å². The van der Waals surface area contributed by atoms with Crippen molar-refractivity contribution < 1.29 is 9.53 Å². The van der Waals surface area contributed by atoms with Crippen molar-refractivity contribution >= 4 is 17.9 Å². The molecule has 2 N–H and O–H groups in total. The van der Waals surface area contributed by atoms with Crippen LogP contribution in [0.3, 0.4) is 0 Å². The molecule has 1 aromatic rings. The average Bonchev–Trinajstić information content (AvgIpc) is 2.87. The van der Waals surface area contributed by atoms with E-state index in [2.05, 4.69) is 30.2 Å². The fourth-order valence-electron chi connectivity index (χ4n) is 2.17. The first kappa shape index (κ1) is 13.4. The summed E-state index contributed by atoms with van der Waals surface area (Å²) in [6, 6.07) is 0.0971. The number of carbonyl (C=O) groups excluding carboxylic acids is 1. The molecular weight excluding hydrogens is 246 g/mol. The molecule has 0 spiro atoms. The Hall–Kier alpha value is -2.05. The monoisotopic (exact) mass is 265 g/mol. The van der Waals surface area contributed by atoms with Crippen molar-refractivity contribution in [3.05, 3.63) is 11.8 Å². The summed E-state index contributed by atoms with van der Waals surface area (Å²) in [5.74, 6) is 1.51. The van der Waals surface area contributed by atoms with E-state index < -0.39 is 0 Å². The fourth-order valence-corrected chi connectivity index (χ4v) is 2.17. The minimum absolute atomic E-state index is 0.0971. The lowest BCUT2D eigenvalue weighted by atomic mass is 10.3. The van der Waals surface area contributed by atoms with Crippen LogP contribution in [0.25, 0.3) is 0 Å². The molecule has 1 unspecified atom stereocenters. The second-order valence-corrected chi connectivity index (χ2v) is 4.52. The van der Waals surface area contributed by atoms with E-state index in [-0.39, 0.29) is 12.1 Å². The number of alkyl carbamates (subject to hydrolysis) is 1. The summed E-state index contributed by atoms with van der Waals surface area (Å²) < 4.78 is 4.61. The Balaban J connectivity index is 2.06.